The number of nitrogens with one attached hydrogen (secondary N) is 2. The van der Waals surface area contributed by atoms with Crippen molar-refractivity contribution in [2.24, 2.45) is 0 Å². The minimum absolute atomic E-state index is 0.0297. The van der Waals surface area contributed by atoms with Gasteiger partial charge in [-0.05, 0) is 37.1 Å². The highest BCUT2D eigenvalue weighted by atomic mass is 35.5. The van der Waals surface area contributed by atoms with Crippen LogP contribution in [0.15, 0.2) is 24.3 Å². The van der Waals surface area contributed by atoms with Crippen LogP contribution in [0, 0.1) is 0 Å². The van der Waals surface area contributed by atoms with Crippen LogP contribution < -0.4 is 10.6 Å². The molecule has 3 rings (SSSR count). The van der Waals surface area contributed by atoms with Gasteiger partial charge in [0.15, 0.2) is 0 Å². The van der Waals surface area contributed by atoms with Gasteiger partial charge in [-0.2, -0.15) is 0 Å². The number of rotatable bonds is 4. The summed E-state index contributed by atoms with van der Waals surface area (Å²) in [5, 5.41) is 16.2. The molecule has 1 aliphatic rings. The molecule has 1 aromatic carbocycles. The van der Waals surface area contributed by atoms with Crippen LogP contribution in [0.25, 0.3) is 0 Å². The minimum Gasteiger partial charge on any atom is -0.306 e. The summed E-state index contributed by atoms with van der Waals surface area (Å²) in [5.74, 6) is -0.0297. The number of halogens is 1. The van der Waals surface area contributed by atoms with Gasteiger partial charge in [-0.3, -0.25) is 10.1 Å². The fourth-order valence-electron chi connectivity index (χ4n) is 2.30. The van der Waals surface area contributed by atoms with Crippen molar-refractivity contribution in [2.75, 3.05) is 11.9 Å². The fraction of sp³-hybridized carbons (Fsp3) is 0.357. The Balaban J connectivity index is 1.62. The number of benzene rings is 1. The Hall–Kier alpha value is -1.50. The van der Waals surface area contributed by atoms with Crippen LogP contribution >= 0.6 is 22.9 Å². The quantitative estimate of drug-likeness (QED) is 0.907. The number of carbonyl (C=O) groups excluding carboxylic acids is 1. The number of carbonyl (C=O) groups is 1. The lowest BCUT2D eigenvalue weighted by Crippen LogP contribution is -2.35. The molecule has 1 fully saturated rings. The number of nitrogens with zero attached hydrogens (tertiary/aromatic N) is 2. The number of hydrogen-bond donors (Lipinski definition) is 2. The smallest absolute Gasteiger partial charge is 0.243 e. The summed E-state index contributed by atoms with van der Waals surface area (Å²) in [7, 11) is 0. The fourth-order valence-corrected chi connectivity index (χ4v) is 3.29. The summed E-state index contributed by atoms with van der Waals surface area (Å²) >= 11 is 7.36. The molecule has 2 aromatic rings. The van der Waals surface area contributed by atoms with Gasteiger partial charge in [0.1, 0.15) is 5.01 Å². The van der Waals surface area contributed by atoms with Crippen LogP contribution in [0.3, 0.4) is 0 Å². The maximum atomic E-state index is 12.0. The van der Waals surface area contributed by atoms with Gasteiger partial charge >= 0.3 is 0 Å². The predicted molar refractivity (Wildman–Crippen MR) is 83.8 cm³/mol. The van der Waals surface area contributed by atoms with Crippen molar-refractivity contribution in [3.8, 4) is 0 Å². The zero-order valence-corrected chi connectivity index (χ0v) is 12.9. The van der Waals surface area contributed by atoms with Crippen molar-refractivity contribution in [3.05, 3.63) is 39.9 Å². The van der Waals surface area contributed by atoms with Gasteiger partial charge in [0.05, 0.1) is 6.04 Å². The molecule has 2 N–H and O–H groups in total. The second kappa shape index (κ2) is 6.51. The molecule has 1 aliphatic heterocycles. The summed E-state index contributed by atoms with van der Waals surface area (Å²) in [5.41, 5.74) is 1.08. The van der Waals surface area contributed by atoms with Crippen molar-refractivity contribution in [1.29, 1.82) is 0 Å². The average molecular weight is 323 g/mol. The van der Waals surface area contributed by atoms with Crippen LogP contribution in [-0.2, 0) is 11.2 Å². The second-order valence-corrected chi connectivity index (χ2v) is 6.44. The first-order valence-electron chi connectivity index (χ1n) is 6.82. The van der Waals surface area contributed by atoms with Gasteiger partial charge in [0.25, 0.3) is 0 Å². The van der Waals surface area contributed by atoms with Crippen molar-refractivity contribution in [1.82, 2.24) is 15.5 Å². The zero-order valence-electron chi connectivity index (χ0n) is 11.3. The topological polar surface area (TPSA) is 66.9 Å². The third-order valence-corrected chi connectivity index (χ3v) is 4.39. The lowest BCUT2D eigenvalue weighted by Gasteiger charge is -2.07. The molecule has 1 saturated heterocycles. The van der Waals surface area contributed by atoms with Crippen molar-refractivity contribution in [2.45, 2.75) is 25.3 Å². The van der Waals surface area contributed by atoms with Crippen LogP contribution in [-0.4, -0.2) is 28.7 Å². The highest BCUT2D eigenvalue weighted by Crippen LogP contribution is 2.20. The largest absolute Gasteiger partial charge is 0.306 e. The SMILES string of the molecule is O=C(Nc1nnc(Cc2cccc(Cl)c2)s1)C1CCCN1. The van der Waals surface area contributed by atoms with Crippen LogP contribution in [0.1, 0.15) is 23.4 Å². The van der Waals surface area contributed by atoms with Gasteiger partial charge in [-0.1, -0.05) is 35.1 Å². The van der Waals surface area contributed by atoms with E-state index in [1.165, 1.54) is 11.3 Å². The number of anilines is 1. The van der Waals surface area contributed by atoms with E-state index in [2.05, 4.69) is 20.8 Å². The maximum Gasteiger partial charge on any atom is 0.243 e. The van der Waals surface area contributed by atoms with Crippen LogP contribution in [0.2, 0.25) is 5.02 Å². The van der Waals surface area contributed by atoms with E-state index in [-0.39, 0.29) is 11.9 Å². The molecular formula is C14H15ClN4OS. The van der Waals surface area contributed by atoms with Gasteiger partial charge < -0.3 is 5.32 Å². The number of amides is 1. The molecule has 2 heterocycles. The van der Waals surface area contributed by atoms with Gasteiger partial charge in [-0.15, -0.1) is 10.2 Å². The van der Waals surface area contributed by atoms with Gasteiger partial charge in [0, 0.05) is 11.4 Å². The zero-order chi connectivity index (χ0) is 14.7. The highest BCUT2D eigenvalue weighted by molar-refractivity contribution is 7.15. The van der Waals surface area contributed by atoms with E-state index in [0.717, 1.165) is 30.0 Å². The molecule has 5 nitrogen and oxygen atoms in total. The second-order valence-electron chi connectivity index (χ2n) is 4.95. The molecule has 21 heavy (non-hydrogen) atoms. The molecule has 0 aliphatic carbocycles. The number of aromatic nitrogens is 2. The lowest BCUT2D eigenvalue weighted by atomic mass is 10.2. The molecule has 1 unspecified atom stereocenters. The summed E-state index contributed by atoms with van der Waals surface area (Å²) in [6, 6.07) is 7.54. The molecule has 0 bridgehead atoms. The Morgan fingerprint density at radius 3 is 3.14 bits per heavy atom. The average Bonchev–Trinajstić information content (AvgIpc) is 3.10. The first-order valence-corrected chi connectivity index (χ1v) is 8.01. The molecule has 1 atom stereocenters. The van der Waals surface area contributed by atoms with Gasteiger partial charge in [0.2, 0.25) is 11.0 Å². The van der Waals surface area contributed by atoms with Crippen molar-refractivity contribution < 1.29 is 4.79 Å². The first kappa shape index (κ1) is 14.4. The molecule has 7 heteroatoms. The van der Waals surface area contributed by atoms with Crippen molar-refractivity contribution in [3.63, 3.8) is 0 Å². The molecule has 0 saturated carbocycles. The monoisotopic (exact) mass is 322 g/mol. The summed E-state index contributed by atoms with van der Waals surface area (Å²) in [6.45, 7) is 0.897. The Labute approximate surface area is 131 Å². The molecule has 0 radical (unpaired) electrons. The third-order valence-electron chi connectivity index (χ3n) is 3.32. The van der Waals surface area contributed by atoms with Crippen molar-refractivity contribution >= 4 is 34.0 Å². The molecular weight excluding hydrogens is 308 g/mol. The molecule has 1 amide bonds. The Morgan fingerprint density at radius 1 is 1.48 bits per heavy atom. The van der Waals surface area contributed by atoms with E-state index in [1.54, 1.807) is 0 Å². The standard InChI is InChI=1S/C14H15ClN4OS/c15-10-4-1-3-9(7-10)8-12-18-19-14(21-12)17-13(20)11-5-2-6-16-11/h1,3-4,7,11,16H,2,5-6,8H2,(H,17,19,20). The third kappa shape index (κ3) is 3.78. The van der Waals surface area contributed by atoms with E-state index < -0.39 is 0 Å². The normalized spacial score (nSPS) is 17.9. The lowest BCUT2D eigenvalue weighted by molar-refractivity contribution is -0.117. The van der Waals surface area contributed by atoms with Crippen LogP contribution in [0.4, 0.5) is 5.13 Å². The molecule has 110 valence electrons. The summed E-state index contributed by atoms with van der Waals surface area (Å²) < 4.78 is 0. The van der Waals surface area contributed by atoms with E-state index in [4.69, 9.17) is 11.6 Å². The minimum atomic E-state index is -0.106. The Kier molecular flexibility index (Phi) is 4.48. The van der Waals surface area contributed by atoms with E-state index >= 15 is 0 Å². The highest BCUT2D eigenvalue weighted by Gasteiger charge is 2.22. The molecule has 1 aromatic heterocycles. The maximum absolute atomic E-state index is 12.0. The molecule has 0 spiro atoms. The Morgan fingerprint density at radius 2 is 2.38 bits per heavy atom. The van der Waals surface area contributed by atoms with E-state index in [1.807, 2.05) is 24.3 Å². The van der Waals surface area contributed by atoms with E-state index in [9.17, 15) is 4.79 Å². The van der Waals surface area contributed by atoms with E-state index in [0.29, 0.717) is 16.6 Å². The first-order chi connectivity index (χ1) is 10.2. The predicted octanol–water partition coefficient (Wildman–Crippen LogP) is 2.47. The Bertz CT molecular complexity index is 639. The van der Waals surface area contributed by atoms with Gasteiger partial charge in [-0.25, -0.2) is 0 Å². The summed E-state index contributed by atoms with van der Waals surface area (Å²) in [4.78, 5) is 12.0. The van der Waals surface area contributed by atoms with Crippen LogP contribution in [0.5, 0.6) is 0 Å². The number of hydrogen-bond acceptors (Lipinski definition) is 5. The summed E-state index contributed by atoms with van der Waals surface area (Å²) in [6.07, 6.45) is 2.57.